The van der Waals surface area contributed by atoms with E-state index in [2.05, 4.69) is 37.3 Å². The number of rotatable bonds is 5. The lowest BCUT2D eigenvalue weighted by molar-refractivity contribution is 0.157. The van der Waals surface area contributed by atoms with Crippen LogP contribution in [0.3, 0.4) is 0 Å². The smallest absolute Gasteiger partial charge is 0.191 e. The molecule has 3 heterocycles. The van der Waals surface area contributed by atoms with Crippen LogP contribution in [-0.4, -0.2) is 67.7 Å². The summed E-state index contributed by atoms with van der Waals surface area (Å²) in [6.45, 7) is 7.40. The number of pyridine rings is 1. The monoisotopic (exact) mass is 378 g/mol. The molecule has 26 heavy (non-hydrogen) atoms. The Morgan fingerprint density at radius 1 is 1.35 bits per heavy atom. The van der Waals surface area contributed by atoms with Gasteiger partial charge in [0.15, 0.2) is 5.96 Å². The maximum atomic E-state index is 6.28. The fraction of sp³-hybridized carbons (Fsp3) is 0.684. The molecule has 0 aromatic carbocycles. The number of hydrogen-bond donors (Lipinski definition) is 2. The first-order valence-electron chi connectivity index (χ1n) is 9.78. The van der Waals surface area contributed by atoms with E-state index in [-0.39, 0.29) is 0 Å². The van der Waals surface area contributed by atoms with Crippen molar-refractivity contribution in [3.05, 3.63) is 23.4 Å². The van der Waals surface area contributed by atoms with Crippen molar-refractivity contribution in [2.24, 2.45) is 4.99 Å². The maximum absolute atomic E-state index is 6.28. The van der Waals surface area contributed by atoms with Gasteiger partial charge in [-0.15, -0.1) is 0 Å². The van der Waals surface area contributed by atoms with Crippen LogP contribution in [0.25, 0.3) is 0 Å². The minimum absolute atomic E-state index is 0.355. The van der Waals surface area contributed by atoms with Gasteiger partial charge in [0.1, 0.15) is 5.82 Å². The number of likely N-dealkylation sites (N-methyl/N-ethyl adjacent to an activating group) is 1. The molecule has 1 aromatic heterocycles. The van der Waals surface area contributed by atoms with Crippen LogP contribution in [-0.2, 0) is 0 Å². The molecule has 3 rings (SSSR count). The second kappa shape index (κ2) is 9.42. The second-order valence-electron chi connectivity index (χ2n) is 7.12. The van der Waals surface area contributed by atoms with Gasteiger partial charge in [0, 0.05) is 45.0 Å². The number of aliphatic imine (C=N–C) groups is 1. The predicted octanol–water partition coefficient (Wildman–Crippen LogP) is 2.35. The molecular formula is C19H31ClN6. The molecule has 2 saturated heterocycles. The van der Waals surface area contributed by atoms with E-state index in [1.807, 2.05) is 19.2 Å². The first-order chi connectivity index (χ1) is 12.7. The van der Waals surface area contributed by atoms with Crippen molar-refractivity contribution in [3.8, 4) is 0 Å². The highest BCUT2D eigenvalue weighted by molar-refractivity contribution is 6.32. The minimum Gasteiger partial charge on any atom is -0.355 e. The Balaban J connectivity index is 1.49. The molecule has 2 N–H and O–H groups in total. The zero-order chi connectivity index (χ0) is 18.4. The normalized spacial score (nSPS) is 24.7. The van der Waals surface area contributed by atoms with Crippen LogP contribution in [0.15, 0.2) is 23.3 Å². The highest BCUT2D eigenvalue weighted by Gasteiger charge is 2.26. The zero-order valence-electron chi connectivity index (χ0n) is 15.9. The summed E-state index contributed by atoms with van der Waals surface area (Å²) in [5.74, 6) is 1.77. The van der Waals surface area contributed by atoms with Gasteiger partial charge in [0.05, 0.1) is 5.02 Å². The van der Waals surface area contributed by atoms with Crippen LogP contribution in [0.1, 0.15) is 32.6 Å². The molecule has 0 aliphatic carbocycles. The Labute approximate surface area is 162 Å². The van der Waals surface area contributed by atoms with Crippen LogP contribution < -0.4 is 15.5 Å². The molecule has 2 fully saturated rings. The summed E-state index contributed by atoms with van der Waals surface area (Å²) in [6, 6.07) is 4.73. The van der Waals surface area contributed by atoms with E-state index >= 15 is 0 Å². The predicted molar refractivity (Wildman–Crippen MR) is 109 cm³/mol. The molecule has 0 saturated carbocycles. The second-order valence-corrected chi connectivity index (χ2v) is 7.52. The van der Waals surface area contributed by atoms with Gasteiger partial charge in [-0.1, -0.05) is 24.9 Å². The standard InChI is InChI=1S/C19H31ClN6/c1-3-25-11-5-4-7-16(25)13-23-19(21-2)24-15-9-12-26(14-15)18-17(20)8-6-10-22-18/h6,8,10,15-16H,3-5,7,9,11-14H2,1-2H3,(H2,21,23,24). The Kier molecular flexibility index (Phi) is 6.97. The third-order valence-electron chi connectivity index (χ3n) is 5.45. The topological polar surface area (TPSA) is 55.8 Å². The Morgan fingerprint density at radius 3 is 3.00 bits per heavy atom. The Bertz CT molecular complexity index is 607. The maximum Gasteiger partial charge on any atom is 0.191 e. The van der Waals surface area contributed by atoms with Crippen molar-refractivity contribution < 1.29 is 0 Å². The SMILES string of the molecule is CCN1CCCCC1CNC(=NC)NC1CCN(c2ncccc2Cl)C1. The Morgan fingerprint density at radius 2 is 2.23 bits per heavy atom. The number of hydrogen-bond acceptors (Lipinski definition) is 4. The van der Waals surface area contributed by atoms with Crippen LogP contribution >= 0.6 is 11.6 Å². The number of nitrogens with zero attached hydrogens (tertiary/aromatic N) is 4. The summed E-state index contributed by atoms with van der Waals surface area (Å²) in [5, 5.41) is 7.81. The third kappa shape index (κ3) is 4.80. The number of nitrogens with one attached hydrogen (secondary N) is 2. The summed E-state index contributed by atoms with van der Waals surface area (Å²) < 4.78 is 0. The lowest BCUT2D eigenvalue weighted by Crippen LogP contribution is -2.51. The summed E-state index contributed by atoms with van der Waals surface area (Å²) in [6.07, 6.45) is 6.78. The molecule has 2 atom stereocenters. The molecule has 0 radical (unpaired) electrons. The number of guanidine groups is 1. The summed E-state index contributed by atoms with van der Waals surface area (Å²) in [5.41, 5.74) is 0. The fourth-order valence-electron chi connectivity index (χ4n) is 3.99. The van der Waals surface area contributed by atoms with Crippen LogP contribution in [0.4, 0.5) is 5.82 Å². The molecule has 144 valence electrons. The van der Waals surface area contributed by atoms with Crippen molar-refractivity contribution >= 4 is 23.4 Å². The first kappa shape index (κ1) is 19.2. The van der Waals surface area contributed by atoms with Gasteiger partial charge >= 0.3 is 0 Å². The molecule has 2 unspecified atom stereocenters. The number of likely N-dealkylation sites (tertiary alicyclic amines) is 1. The molecule has 1 aromatic rings. The van der Waals surface area contributed by atoms with Crippen LogP contribution in [0.2, 0.25) is 5.02 Å². The van der Waals surface area contributed by atoms with Gasteiger partial charge in [0.25, 0.3) is 0 Å². The first-order valence-corrected chi connectivity index (χ1v) is 10.2. The van der Waals surface area contributed by atoms with Gasteiger partial charge in [-0.05, 0) is 44.5 Å². The average molecular weight is 379 g/mol. The molecule has 2 aliphatic heterocycles. The largest absolute Gasteiger partial charge is 0.355 e. The number of halogens is 1. The summed E-state index contributed by atoms with van der Waals surface area (Å²) in [7, 11) is 1.84. The molecule has 0 amide bonds. The highest BCUT2D eigenvalue weighted by Crippen LogP contribution is 2.25. The average Bonchev–Trinajstić information content (AvgIpc) is 3.14. The molecule has 7 heteroatoms. The van der Waals surface area contributed by atoms with Gasteiger partial charge in [-0.2, -0.15) is 0 Å². The Hall–Kier alpha value is -1.53. The van der Waals surface area contributed by atoms with Gasteiger partial charge in [0.2, 0.25) is 0 Å². The van der Waals surface area contributed by atoms with Gasteiger partial charge in [-0.3, -0.25) is 9.89 Å². The fourth-order valence-corrected chi connectivity index (χ4v) is 4.23. The van der Waals surface area contributed by atoms with Crippen molar-refractivity contribution in [2.45, 2.75) is 44.7 Å². The van der Waals surface area contributed by atoms with E-state index in [0.29, 0.717) is 17.1 Å². The quantitative estimate of drug-likeness (QED) is 0.608. The van der Waals surface area contributed by atoms with Crippen molar-refractivity contribution in [1.29, 1.82) is 0 Å². The molecule has 0 spiro atoms. The van der Waals surface area contributed by atoms with E-state index in [1.165, 1.54) is 25.8 Å². The summed E-state index contributed by atoms with van der Waals surface area (Å²) in [4.78, 5) is 13.7. The van der Waals surface area contributed by atoms with Crippen molar-refractivity contribution in [3.63, 3.8) is 0 Å². The number of piperidine rings is 1. The highest BCUT2D eigenvalue weighted by atomic mass is 35.5. The van der Waals surface area contributed by atoms with Crippen LogP contribution in [0.5, 0.6) is 0 Å². The number of aromatic nitrogens is 1. The van der Waals surface area contributed by atoms with Gasteiger partial charge < -0.3 is 15.5 Å². The van der Waals surface area contributed by atoms with E-state index in [0.717, 1.165) is 44.4 Å². The molecular weight excluding hydrogens is 348 g/mol. The lowest BCUT2D eigenvalue weighted by atomic mass is 10.0. The van der Waals surface area contributed by atoms with Crippen LogP contribution in [0, 0.1) is 0 Å². The lowest BCUT2D eigenvalue weighted by Gasteiger charge is -2.35. The van der Waals surface area contributed by atoms with E-state index in [4.69, 9.17) is 11.6 Å². The summed E-state index contributed by atoms with van der Waals surface area (Å²) >= 11 is 6.28. The molecule has 6 nitrogen and oxygen atoms in total. The van der Waals surface area contributed by atoms with E-state index < -0.39 is 0 Å². The third-order valence-corrected chi connectivity index (χ3v) is 5.75. The van der Waals surface area contributed by atoms with E-state index in [9.17, 15) is 0 Å². The molecule has 2 aliphatic rings. The minimum atomic E-state index is 0.355. The zero-order valence-corrected chi connectivity index (χ0v) is 16.7. The van der Waals surface area contributed by atoms with Crippen molar-refractivity contribution in [1.82, 2.24) is 20.5 Å². The van der Waals surface area contributed by atoms with Crippen molar-refractivity contribution in [2.75, 3.05) is 44.7 Å². The van der Waals surface area contributed by atoms with Gasteiger partial charge in [-0.25, -0.2) is 4.98 Å². The molecule has 0 bridgehead atoms. The number of anilines is 1. The van der Waals surface area contributed by atoms with E-state index in [1.54, 1.807) is 6.20 Å².